The summed E-state index contributed by atoms with van der Waals surface area (Å²) in [6.07, 6.45) is 1.83. The molecule has 0 fully saturated rings. The van der Waals surface area contributed by atoms with Crippen LogP contribution in [0.5, 0.6) is 0 Å². The normalized spacial score (nSPS) is 21.8. The van der Waals surface area contributed by atoms with Crippen molar-refractivity contribution in [1.29, 1.82) is 0 Å². The van der Waals surface area contributed by atoms with Crippen molar-refractivity contribution in [3.05, 3.63) is 21.4 Å². The second-order valence-electron chi connectivity index (χ2n) is 3.74. The van der Waals surface area contributed by atoms with Crippen molar-refractivity contribution < 1.29 is 5.11 Å². The van der Waals surface area contributed by atoms with Crippen LogP contribution in [-0.4, -0.2) is 5.11 Å². The molecule has 2 heteroatoms. The van der Waals surface area contributed by atoms with Crippen LogP contribution in [0, 0.1) is 0 Å². The van der Waals surface area contributed by atoms with E-state index in [1.54, 1.807) is 0 Å². The molecular formula is C10H14OS. The molecule has 12 heavy (non-hydrogen) atoms. The maximum atomic E-state index is 9.58. The van der Waals surface area contributed by atoms with Crippen LogP contribution in [0.2, 0.25) is 0 Å². The molecule has 0 radical (unpaired) electrons. The molecule has 2 rings (SSSR count). The number of hydrogen-bond donors (Lipinski definition) is 1. The fourth-order valence-corrected chi connectivity index (χ4v) is 2.89. The van der Waals surface area contributed by atoms with Gasteiger partial charge >= 0.3 is 0 Å². The van der Waals surface area contributed by atoms with Crippen LogP contribution < -0.4 is 0 Å². The Morgan fingerprint density at radius 2 is 2.33 bits per heavy atom. The van der Waals surface area contributed by atoms with E-state index in [0.29, 0.717) is 5.92 Å². The van der Waals surface area contributed by atoms with Gasteiger partial charge in [0.05, 0.1) is 6.10 Å². The van der Waals surface area contributed by atoms with Gasteiger partial charge in [0.15, 0.2) is 0 Å². The lowest BCUT2D eigenvalue weighted by atomic mass is 10.1. The van der Waals surface area contributed by atoms with E-state index in [9.17, 15) is 5.11 Å². The zero-order valence-electron chi connectivity index (χ0n) is 7.50. The fourth-order valence-electron chi connectivity index (χ4n) is 1.65. The Hall–Kier alpha value is -0.340. The summed E-state index contributed by atoms with van der Waals surface area (Å²) < 4.78 is 0. The van der Waals surface area contributed by atoms with E-state index in [2.05, 4.69) is 19.9 Å². The summed E-state index contributed by atoms with van der Waals surface area (Å²) in [5, 5.41) is 9.58. The number of fused-ring (bicyclic) bond motifs is 1. The highest BCUT2D eigenvalue weighted by molar-refractivity contribution is 7.12. The van der Waals surface area contributed by atoms with Gasteiger partial charge in [-0.15, -0.1) is 11.3 Å². The minimum absolute atomic E-state index is 0.177. The van der Waals surface area contributed by atoms with Crippen molar-refractivity contribution in [3.63, 3.8) is 0 Å². The number of rotatable bonds is 1. The standard InChI is InChI=1S/C10H14OS/c1-6(2)10-5-7-8(11)3-4-9(7)12-10/h5-6,8,11H,3-4H2,1-2H3. The van der Waals surface area contributed by atoms with Crippen LogP contribution in [0.25, 0.3) is 0 Å². The van der Waals surface area contributed by atoms with E-state index in [1.807, 2.05) is 11.3 Å². The SMILES string of the molecule is CC(C)c1cc2c(s1)CCC2O. The largest absolute Gasteiger partial charge is 0.388 e. The molecule has 1 atom stereocenters. The minimum atomic E-state index is -0.177. The molecule has 1 aliphatic rings. The minimum Gasteiger partial charge on any atom is -0.388 e. The highest BCUT2D eigenvalue weighted by Crippen LogP contribution is 2.39. The second-order valence-corrected chi connectivity index (χ2v) is 4.90. The van der Waals surface area contributed by atoms with Gasteiger partial charge in [-0.3, -0.25) is 0 Å². The van der Waals surface area contributed by atoms with Crippen molar-refractivity contribution in [1.82, 2.24) is 0 Å². The summed E-state index contributed by atoms with van der Waals surface area (Å²) in [5.74, 6) is 0.604. The van der Waals surface area contributed by atoms with E-state index in [4.69, 9.17) is 0 Å². The molecule has 1 aliphatic carbocycles. The molecule has 1 unspecified atom stereocenters. The Bertz CT molecular complexity index is 288. The maximum absolute atomic E-state index is 9.58. The summed E-state index contributed by atoms with van der Waals surface area (Å²) in [5.41, 5.74) is 1.20. The number of thiophene rings is 1. The van der Waals surface area contributed by atoms with Crippen LogP contribution >= 0.6 is 11.3 Å². The highest BCUT2D eigenvalue weighted by atomic mass is 32.1. The average Bonchev–Trinajstić information content (AvgIpc) is 2.53. The number of aliphatic hydroxyl groups excluding tert-OH is 1. The van der Waals surface area contributed by atoms with Crippen LogP contribution in [0.3, 0.4) is 0 Å². The van der Waals surface area contributed by atoms with Crippen LogP contribution in [0.4, 0.5) is 0 Å². The lowest BCUT2D eigenvalue weighted by Crippen LogP contribution is -1.88. The molecule has 1 nitrogen and oxygen atoms in total. The van der Waals surface area contributed by atoms with Crippen molar-refractivity contribution in [2.24, 2.45) is 0 Å². The molecule has 1 N–H and O–H groups in total. The van der Waals surface area contributed by atoms with E-state index in [-0.39, 0.29) is 6.10 Å². The van der Waals surface area contributed by atoms with Gasteiger partial charge in [-0.1, -0.05) is 13.8 Å². The first kappa shape index (κ1) is 8.27. The van der Waals surface area contributed by atoms with Crippen molar-refractivity contribution >= 4 is 11.3 Å². The van der Waals surface area contributed by atoms with Gasteiger partial charge in [0, 0.05) is 9.75 Å². The fraction of sp³-hybridized carbons (Fsp3) is 0.600. The lowest BCUT2D eigenvalue weighted by Gasteiger charge is -2.01. The third-order valence-electron chi connectivity index (χ3n) is 2.43. The van der Waals surface area contributed by atoms with Crippen LogP contribution in [0.1, 0.15) is 47.6 Å². The van der Waals surface area contributed by atoms with Gasteiger partial charge in [-0.25, -0.2) is 0 Å². The van der Waals surface area contributed by atoms with Crippen molar-refractivity contribution in [2.45, 2.75) is 38.7 Å². The van der Waals surface area contributed by atoms with Crippen molar-refractivity contribution in [3.8, 4) is 0 Å². The molecule has 1 heterocycles. The van der Waals surface area contributed by atoms with Gasteiger partial charge in [0.1, 0.15) is 0 Å². The van der Waals surface area contributed by atoms with Crippen LogP contribution in [-0.2, 0) is 6.42 Å². The van der Waals surface area contributed by atoms with Gasteiger partial charge in [-0.2, -0.15) is 0 Å². The van der Waals surface area contributed by atoms with Crippen molar-refractivity contribution in [2.75, 3.05) is 0 Å². The molecule has 0 spiro atoms. The second kappa shape index (κ2) is 2.86. The van der Waals surface area contributed by atoms with E-state index < -0.39 is 0 Å². The molecule has 0 saturated carbocycles. The average molecular weight is 182 g/mol. The molecule has 0 aromatic carbocycles. The molecule has 0 aliphatic heterocycles. The Balaban J connectivity index is 2.36. The first-order chi connectivity index (χ1) is 5.68. The Morgan fingerprint density at radius 3 is 2.92 bits per heavy atom. The summed E-state index contributed by atoms with van der Waals surface area (Å²) >= 11 is 1.87. The predicted octanol–water partition coefficient (Wildman–Crippen LogP) is 2.85. The third-order valence-corrected chi connectivity index (χ3v) is 3.94. The number of hydrogen-bond acceptors (Lipinski definition) is 2. The monoisotopic (exact) mass is 182 g/mol. The summed E-state index contributed by atoms with van der Waals surface area (Å²) in [6, 6.07) is 2.18. The van der Waals surface area contributed by atoms with E-state index >= 15 is 0 Å². The van der Waals surface area contributed by atoms with E-state index in [0.717, 1.165) is 12.8 Å². The quantitative estimate of drug-likeness (QED) is 0.708. The molecule has 0 amide bonds. The number of aryl methyl sites for hydroxylation is 1. The molecule has 66 valence electrons. The Labute approximate surface area is 77.0 Å². The zero-order valence-corrected chi connectivity index (χ0v) is 8.32. The smallest absolute Gasteiger partial charge is 0.0804 e. The predicted molar refractivity (Wildman–Crippen MR) is 51.7 cm³/mol. The Morgan fingerprint density at radius 1 is 1.58 bits per heavy atom. The maximum Gasteiger partial charge on any atom is 0.0804 e. The Kier molecular flexibility index (Phi) is 1.97. The molecule has 0 bridgehead atoms. The topological polar surface area (TPSA) is 20.2 Å². The summed E-state index contributed by atoms with van der Waals surface area (Å²) in [4.78, 5) is 2.82. The van der Waals surface area contributed by atoms with Crippen LogP contribution in [0.15, 0.2) is 6.07 Å². The van der Waals surface area contributed by atoms with Gasteiger partial charge in [0.25, 0.3) is 0 Å². The van der Waals surface area contributed by atoms with Gasteiger partial charge < -0.3 is 5.11 Å². The summed E-state index contributed by atoms with van der Waals surface area (Å²) in [7, 11) is 0. The molecular weight excluding hydrogens is 168 g/mol. The third kappa shape index (κ3) is 1.19. The van der Waals surface area contributed by atoms with E-state index in [1.165, 1.54) is 15.3 Å². The molecule has 1 aromatic rings. The number of aliphatic hydroxyl groups is 1. The molecule has 1 aromatic heterocycles. The first-order valence-corrected chi connectivity index (χ1v) is 5.30. The zero-order chi connectivity index (χ0) is 8.72. The lowest BCUT2D eigenvalue weighted by molar-refractivity contribution is 0.180. The van der Waals surface area contributed by atoms with Gasteiger partial charge in [0.2, 0.25) is 0 Å². The summed E-state index contributed by atoms with van der Waals surface area (Å²) in [6.45, 7) is 4.40. The van der Waals surface area contributed by atoms with Gasteiger partial charge in [-0.05, 0) is 30.4 Å². The molecule has 0 saturated heterocycles. The first-order valence-electron chi connectivity index (χ1n) is 4.49. The highest BCUT2D eigenvalue weighted by Gasteiger charge is 2.23.